The van der Waals surface area contributed by atoms with Gasteiger partial charge in [0, 0.05) is 11.1 Å². The Hall–Kier alpha value is -2.88. The van der Waals surface area contributed by atoms with E-state index in [1.807, 2.05) is 36.4 Å². The molecule has 0 aliphatic heterocycles. The van der Waals surface area contributed by atoms with Crippen LogP contribution in [0.25, 0.3) is 0 Å². The van der Waals surface area contributed by atoms with E-state index in [1.54, 1.807) is 38.2 Å². The normalized spacial score (nSPS) is 10.2. The Balaban J connectivity index is 0. The van der Waals surface area contributed by atoms with Crippen molar-refractivity contribution in [1.29, 1.82) is 0 Å². The summed E-state index contributed by atoms with van der Waals surface area (Å²) in [6.45, 7) is 9.96. The van der Waals surface area contributed by atoms with Crippen molar-refractivity contribution in [2.75, 3.05) is 0 Å². The van der Waals surface area contributed by atoms with Gasteiger partial charge in [0.1, 0.15) is 0 Å². The summed E-state index contributed by atoms with van der Waals surface area (Å²) in [5.74, 6) is -0.907. The molecule has 0 radical (unpaired) electrons. The average molecular weight is 314 g/mol. The van der Waals surface area contributed by atoms with Crippen molar-refractivity contribution >= 4 is 11.8 Å². The molecule has 4 heteroatoms. The minimum Gasteiger partial charge on any atom is -0.366 e. The van der Waals surface area contributed by atoms with Crippen LogP contribution in [0.4, 0.5) is 0 Å². The molecule has 0 heterocycles. The number of carbonyl (C=O) groups excluding carboxylic acids is 2. The summed E-state index contributed by atoms with van der Waals surface area (Å²) in [6, 6.07) is 12.0. The molecule has 0 aliphatic rings. The van der Waals surface area contributed by atoms with E-state index in [1.165, 1.54) is 0 Å². The van der Waals surface area contributed by atoms with Gasteiger partial charge in [0.2, 0.25) is 11.8 Å². The highest BCUT2D eigenvalue weighted by atomic mass is 16.1. The molecular weight excluding hydrogens is 288 g/mol. The molecule has 1 aromatic carbocycles. The zero-order valence-electron chi connectivity index (χ0n) is 13.9. The zero-order valence-corrected chi connectivity index (χ0v) is 13.9. The topological polar surface area (TPSA) is 86.2 Å². The van der Waals surface area contributed by atoms with E-state index >= 15 is 0 Å². The first kappa shape index (κ1) is 22.4. The van der Waals surface area contributed by atoms with Gasteiger partial charge in [-0.25, -0.2) is 0 Å². The van der Waals surface area contributed by atoms with E-state index in [0.717, 1.165) is 0 Å². The summed E-state index contributed by atoms with van der Waals surface area (Å²) < 4.78 is 0. The van der Waals surface area contributed by atoms with Crippen LogP contribution in [0.2, 0.25) is 0 Å². The number of amides is 2. The van der Waals surface area contributed by atoms with Gasteiger partial charge in [0.05, 0.1) is 0 Å². The Bertz CT molecular complexity index is 483. The molecule has 0 aromatic heterocycles. The minimum atomic E-state index is -0.454. The summed E-state index contributed by atoms with van der Waals surface area (Å²) >= 11 is 0. The lowest BCUT2D eigenvalue weighted by Crippen LogP contribution is -2.12. The molecule has 0 bridgehead atoms. The second-order valence-corrected chi connectivity index (χ2v) is 4.36. The molecule has 1 aromatic rings. The smallest absolute Gasteiger partial charge is 0.244 e. The third kappa shape index (κ3) is 17.1. The highest BCUT2D eigenvalue weighted by Crippen LogP contribution is 1.98. The molecule has 23 heavy (non-hydrogen) atoms. The number of rotatable bonds is 5. The van der Waals surface area contributed by atoms with Crippen molar-refractivity contribution in [2.45, 2.75) is 20.3 Å². The summed E-state index contributed by atoms with van der Waals surface area (Å²) in [5.41, 5.74) is 10.9. The van der Waals surface area contributed by atoms with E-state index in [0.29, 0.717) is 17.6 Å². The molecule has 0 saturated carbocycles. The fraction of sp³-hybridized carbons (Fsp3) is 0.158. The molecular formula is C19H26N2O2. The monoisotopic (exact) mass is 314 g/mol. The molecule has 0 aliphatic carbocycles. The van der Waals surface area contributed by atoms with Gasteiger partial charge in [-0.15, -0.1) is 0 Å². The Labute approximate surface area is 138 Å². The van der Waals surface area contributed by atoms with Gasteiger partial charge in [-0.1, -0.05) is 73.9 Å². The van der Waals surface area contributed by atoms with Crippen molar-refractivity contribution in [3.05, 3.63) is 85.0 Å². The van der Waals surface area contributed by atoms with Gasteiger partial charge in [0.15, 0.2) is 0 Å². The Morgan fingerprint density at radius 3 is 1.22 bits per heavy atom. The number of primary amides is 2. The molecule has 0 unspecified atom stereocenters. The highest BCUT2D eigenvalue weighted by molar-refractivity contribution is 5.92. The summed E-state index contributed by atoms with van der Waals surface area (Å²) in [6.07, 6.45) is 7.06. The second kappa shape index (κ2) is 15.5. The maximum absolute atomic E-state index is 10.6. The van der Waals surface area contributed by atoms with E-state index in [4.69, 9.17) is 11.5 Å². The molecule has 4 nitrogen and oxygen atoms in total. The van der Waals surface area contributed by atoms with Crippen LogP contribution in [0.15, 0.2) is 85.0 Å². The number of allylic oxidation sites excluding steroid dienone is 4. The fourth-order valence-electron chi connectivity index (χ4n) is 0.999. The summed E-state index contributed by atoms with van der Waals surface area (Å²) in [7, 11) is 0. The number of hydrogen-bond acceptors (Lipinski definition) is 2. The minimum absolute atomic E-state index is 0.454. The first-order chi connectivity index (χ1) is 10.9. The third-order valence-corrected chi connectivity index (χ3v) is 2.46. The van der Waals surface area contributed by atoms with Gasteiger partial charge in [0.25, 0.3) is 0 Å². The number of nitrogens with two attached hydrogens (primary N) is 2. The van der Waals surface area contributed by atoms with Crippen LogP contribution in [0.1, 0.15) is 20.3 Å². The lowest BCUT2D eigenvalue weighted by molar-refractivity contribution is -0.115. The summed E-state index contributed by atoms with van der Waals surface area (Å²) in [5, 5.41) is 0. The third-order valence-electron chi connectivity index (χ3n) is 2.46. The van der Waals surface area contributed by atoms with Crippen molar-refractivity contribution in [3.63, 3.8) is 0 Å². The van der Waals surface area contributed by atoms with E-state index in [-0.39, 0.29) is 0 Å². The Morgan fingerprint density at radius 1 is 0.783 bits per heavy atom. The van der Waals surface area contributed by atoms with Crippen LogP contribution in [-0.2, 0) is 9.59 Å². The second-order valence-electron chi connectivity index (χ2n) is 4.36. The van der Waals surface area contributed by atoms with Crippen LogP contribution in [0.5, 0.6) is 0 Å². The lowest BCUT2D eigenvalue weighted by Gasteiger charge is -1.93. The molecule has 0 fully saturated rings. The van der Waals surface area contributed by atoms with Crippen LogP contribution in [0, 0.1) is 0 Å². The van der Waals surface area contributed by atoms with Crippen LogP contribution < -0.4 is 11.5 Å². The maximum atomic E-state index is 10.6. The van der Waals surface area contributed by atoms with Gasteiger partial charge >= 0.3 is 0 Å². The Morgan fingerprint density at radius 2 is 1.04 bits per heavy atom. The SMILES string of the molecule is C/C(=C\C/C=C(\C)C(N)=O)C(N)=O.C=CC=C.c1ccccc1. The zero-order chi connectivity index (χ0) is 18.1. The first-order valence-corrected chi connectivity index (χ1v) is 7.03. The van der Waals surface area contributed by atoms with Crippen LogP contribution in [-0.4, -0.2) is 11.8 Å². The molecule has 0 spiro atoms. The van der Waals surface area contributed by atoms with Gasteiger partial charge < -0.3 is 11.5 Å². The first-order valence-electron chi connectivity index (χ1n) is 7.03. The molecule has 1 rings (SSSR count). The number of benzene rings is 1. The predicted molar refractivity (Wildman–Crippen MR) is 97.4 cm³/mol. The lowest BCUT2D eigenvalue weighted by atomic mass is 10.2. The number of hydrogen-bond donors (Lipinski definition) is 2. The highest BCUT2D eigenvalue weighted by Gasteiger charge is 1.96. The molecule has 0 saturated heterocycles. The van der Waals surface area contributed by atoms with Crippen molar-refractivity contribution in [3.8, 4) is 0 Å². The average Bonchev–Trinajstić information content (AvgIpc) is 2.56. The van der Waals surface area contributed by atoms with E-state index in [2.05, 4.69) is 13.2 Å². The fourth-order valence-corrected chi connectivity index (χ4v) is 0.999. The van der Waals surface area contributed by atoms with Gasteiger partial charge in [-0.3, -0.25) is 9.59 Å². The Kier molecular flexibility index (Phi) is 15.1. The largest absolute Gasteiger partial charge is 0.366 e. The molecule has 124 valence electrons. The van der Waals surface area contributed by atoms with E-state index in [9.17, 15) is 9.59 Å². The van der Waals surface area contributed by atoms with Crippen LogP contribution in [0.3, 0.4) is 0 Å². The molecule has 4 N–H and O–H groups in total. The predicted octanol–water partition coefficient (Wildman–Crippen LogP) is 3.28. The molecule has 0 atom stereocenters. The van der Waals surface area contributed by atoms with Crippen molar-refractivity contribution in [1.82, 2.24) is 0 Å². The van der Waals surface area contributed by atoms with E-state index < -0.39 is 11.8 Å². The van der Waals surface area contributed by atoms with Crippen LogP contribution >= 0.6 is 0 Å². The number of carbonyl (C=O) groups is 2. The van der Waals surface area contributed by atoms with Crippen molar-refractivity contribution < 1.29 is 9.59 Å². The van der Waals surface area contributed by atoms with Crippen molar-refractivity contribution in [2.24, 2.45) is 11.5 Å². The summed E-state index contributed by atoms with van der Waals surface area (Å²) in [4.78, 5) is 21.1. The molecule has 2 amide bonds. The van der Waals surface area contributed by atoms with Gasteiger partial charge in [-0.05, 0) is 20.3 Å². The maximum Gasteiger partial charge on any atom is 0.244 e. The standard InChI is InChI=1S/C9H14N2O2.C6H6.C4H6/c1-6(8(10)12)4-3-5-7(2)9(11)13;1-2-4-6-5-3-1;1-3-4-2/h4-5H,3H2,1-2H3,(H2,10,12)(H2,11,13);1-6H;3-4H,1-2H2/b6-4+,7-5+;;. The van der Waals surface area contributed by atoms with Gasteiger partial charge in [-0.2, -0.15) is 0 Å². The quantitative estimate of drug-likeness (QED) is 0.645.